The van der Waals surface area contributed by atoms with Crippen molar-refractivity contribution in [3.05, 3.63) is 24.0 Å². The second kappa shape index (κ2) is 5.66. The maximum atomic E-state index is 11.9. The van der Waals surface area contributed by atoms with Crippen LogP contribution in [-0.4, -0.2) is 52.8 Å². The minimum atomic E-state index is -1.10. The van der Waals surface area contributed by atoms with Gasteiger partial charge in [0, 0.05) is 13.1 Å². The number of anilines is 1. The zero-order chi connectivity index (χ0) is 13.8. The number of urea groups is 1. The van der Waals surface area contributed by atoms with E-state index in [0.717, 1.165) is 0 Å². The summed E-state index contributed by atoms with van der Waals surface area (Å²) in [7, 11) is 0. The minimum absolute atomic E-state index is 0.0204. The molecule has 0 radical (unpaired) electrons. The van der Waals surface area contributed by atoms with E-state index in [4.69, 9.17) is 9.84 Å². The van der Waals surface area contributed by atoms with Gasteiger partial charge < -0.3 is 20.1 Å². The SMILES string of the molecule is CC1CN(C(=O)Nc2ccc(C(=O)O)nc2)CCO1. The summed E-state index contributed by atoms with van der Waals surface area (Å²) >= 11 is 0. The van der Waals surface area contributed by atoms with Gasteiger partial charge in [0.15, 0.2) is 0 Å². The molecule has 1 fully saturated rings. The number of carbonyl (C=O) groups excluding carboxylic acids is 1. The van der Waals surface area contributed by atoms with Gasteiger partial charge in [0.25, 0.3) is 0 Å². The Kier molecular flexibility index (Phi) is 3.96. The summed E-state index contributed by atoms with van der Waals surface area (Å²) in [5.74, 6) is -1.10. The predicted molar refractivity (Wildman–Crippen MR) is 67.2 cm³/mol. The summed E-state index contributed by atoms with van der Waals surface area (Å²) in [6.45, 7) is 3.50. The molecule has 0 aliphatic carbocycles. The van der Waals surface area contributed by atoms with Crippen LogP contribution in [0.15, 0.2) is 18.3 Å². The molecule has 2 rings (SSSR count). The third-order valence-electron chi connectivity index (χ3n) is 2.76. The van der Waals surface area contributed by atoms with Crippen molar-refractivity contribution in [3.8, 4) is 0 Å². The van der Waals surface area contributed by atoms with E-state index in [1.165, 1.54) is 18.3 Å². The van der Waals surface area contributed by atoms with Crippen molar-refractivity contribution < 1.29 is 19.4 Å². The van der Waals surface area contributed by atoms with Gasteiger partial charge in [0.2, 0.25) is 0 Å². The topological polar surface area (TPSA) is 91.8 Å². The van der Waals surface area contributed by atoms with Gasteiger partial charge in [-0.3, -0.25) is 0 Å². The van der Waals surface area contributed by atoms with Crippen molar-refractivity contribution in [2.75, 3.05) is 25.0 Å². The fourth-order valence-corrected chi connectivity index (χ4v) is 1.80. The van der Waals surface area contributed by atoms with Gasteiger partial charge in [-0.2, -0.15) is 0 Å². The van der Waals surface area contributed by atoms with Gasteiger partial charge >= 0.3 is 12.0 Å². The molecule has 0 saturated carbocycles. The van der Waals surface area contributed by atoms with Crippen LogP contribution in [-0.2, 0) is 4.74 Å². The van der Waals surface area contributed by atoms with Crippen molar-refractivity contribution in [2.45, 2.75) is 13.0 Å². The van der Waals surface area contributed by atoms with Crippen molar-refractivity contribution >= 4 is 17.7 Å². The first-order chi connectivity index (χ1) is 9.06. The lowest BCUT2D eigenvalue weighted by molar-refractivity contribution is -0.00138. The van der Waals surface area contributed by atoms with Gasteiger partial charge in [-0.1, -0.05) is 0 Å². The van der Waals surface area contributed by atoms with Gasteiger partial charge in [0.1, 0.15) is 5.69 Å². The number of aromatic nitrogens is 1. The van der Waals surface area contributed by atoms with E-state index in [-0.39, 0.29) is 17.8 Å². The van der Waals surface area contributed by atoms with Crippen LogP contribution in [0.2, 0.25) is 0 Å². The van der Waals surface area contributed by atoms with Gasteiger partial charge in [-0.05, 0) is 19.1 Å². The van der Waals surface area contributed by atoms with E-state index in [2.05, 4.69) is 10.3 Å². The van der Waals surface area contributed by atoms with E-state index < -0.39 is 5.97 Å². The molecule has 0 aromatic carbocycles. The third-order valence-corrected chi connectivity index (χ3v) is 2.76. The number of pyridine rings is 1. The normalized spacial score (nSPS) is 19.0. The molecular formula is C12H15N3O4. The molecule has 1 saturated heterocycles. The Morgan fingerprint density at radius 2 is 2.32 bits per heavy atom. The highest BCUT2D eigenvalue weighted by Gasteiger charge is 2.21. The largest absolute Gasteiger partial charge is 0.477 e. The smallest absolute Gasteiger partial charge is 0.354 e. The van der Waals surface area contributed by atoms with Crippen LogP contribution in [0.3, 0.4) is 0 Å². The monoisotopic (exact) mass is 265 g/mol. The fourth-order valence-electron chi connectivity index (χ4n) is 1.80. The minimum Gasteiger partial charge on any atom is -0.477 e. The van der Waals surface area contributed by atoms with Crippen molar-refractivity contribution in [3.63, 3.8) is 0 Å². The molecule has 1 aliphatic heterocycles. The molecule has 7 nitrogen and oxygen atoms in total. The molecular weight excluding hydrogens is 250 g/mol. The highest BCUT2D eigenvalue weighted by molar-refractivity contribution is 5.90. The highest BCUT2D eigenvalue weighted by atomic mass is 16.5. The van der Waals surface area contributed by atoms with Crippen molar-refractivity contribution in [2.24, 2.45) is 0 Å². The van der Waals surface area contributed by atoms with Crippen LogP contribution >= 0.6 is 0 Å². The number of rotatable bonds is 2. The van der Waals surface area contributed by atoms with Crippen molar-refractivity contribution in [1.29, 1.82) is 0 Å². The Morgan fingerprint density at radius 3 is 2.89 bits per heavy atom. The zero-order valence-electron chi connectivity index (χ0n) is 10.5. The first-order valence-electron chi connectivity index (χ1n) is 5.93. The van der Waals surface area contributed by atoms with Crippen LogP contribution in [0.25, 0.3) is 0 Å². The first-order valence-corrected chi connectivity index (χ1v) is 5.93. The number of aromatic carboxylic acids is 1. The molecule has 19 heavy (non-hydrogen) atoms. The van der Waals surface area contributed by atoms with E-state index in [0.29, 0.717) is 25.4 Å². The van der Waals surface area contributed by atoms with E-state index >= 15 is 0 Å². The average Bonchev–Trinajstić information content (AvgIpc) is 2.39. The summed E-state index contributed by atoms with van der Waals surface area (Å²) < 4.78 is 5.35. The standard InChI is InChI=1S/C12H15N3O4/c1-8-7-15(4-5-19-8)12(18)14-9-2-3-10(11(16)17)13-6-9/h2-3,6,8H,4-5,7H2,1H3,(H,14,18)(H,16,17). The molecule has 102 valence electrons. The quantitative estimate of drug-likeness (QED) is 0.833. The lowest BCUT2D eigenvalue weighted by Crippen LogP contribution is -2.46. The molecule has 1 aliphatic rings. The molecule has 1 aromatic rings. The molecule has 2 N–H and O–H groups in total. The summed E-state index contributed by atoms with van der Waals surface area (Å²) in [5, 5.41) is 11.4. The Labute approximate surface area is 110 Å². The summed E-state index contributed by atoms with van der Waals surface area (Å²) in [6.07, 6.45) is 1.35. The van der Waals surface area contributed by atoms with E-state index in [1.54, 1.807) is 4.90 Å². The molecule has 1 unspecified atom stereocenters. The number of carboxylic acid groups (broad SMARTS) is 1. The number of amides is 2. The molecule has 1 aromatic heterocycles. The summed E-state index contributed by atoms with van der Waals surface area (Å²) in [4.78, 5) is 28.0. The molecule has 2 amide bonds. The van der Waals surface area contributed by atoms with Gasteiger partial charge in [0.05, 0.1) is 24.6 Å². The van der Waals surface area contributed by atoms with Gasteiger partial charge in [-0.25, -0.2) is 14.6 Å². The second-order valence-corrected chi connectivity index (χ2v) is 4.29. The number of carboxylic acids is 1. The van der Waals surface area contributed by atoms with Crippen molar-refractivity contribution in [1.82, 2.24) is 9.88 Å². The van der Waals surface area contributed by atoms with E-state index in [9.17, 15) is 9.59 Å². The number of morpholine rings is 1. The molecule has 0 bridgehead atoms. The van der Waals surface area contributed by atoms with Crippen LogP contribution in [0, 0.1) is 0 Å². The Morgan fingerprint density at radius 1 is 1.53 bits per heavy atom. The number of hydrogen-bond acceptors (Lipinski definition) is 4. The first kappa shape index (κ1) is 13.3. The lowest BCUT2D eigenvalue weighted by atomic mass is 10.3. The maximum Gasteiger partial charge on any atom is 0.354 e. The van der Waals surface area contributed by atoms with Crippen LogP contribution in [0.4, 0.5) is 10.5 Å². The summed E-state index contributed by atoms with van der Waals surface area (Å²) in [6, 6.07) is 2.62. The van der Waals surface area contributed by atoms with E-state index in [1.807, 2.05) is 6.92 Å². The van der Waals surface area contributed by atoms with Crippen LogP contribution in [0.1, 0.15) is 17.4 Å². The Balaban J connectivity index is 1.96. The maximum absolute atomic E-state index is 11.9. The van der Waals surface area contributed by atoms with Crippen LogP contribution < -0.4 is 5.32 Å². The average molecular weight is 265 g/mol. The van der Waals surface area contributed by atoms with Gasteiger partial charge in [-0.15, -0.1) is 0 Å². The third kappa shape index (κ3) is 3.41. The molecule has 0 spiro atoms. The summed E-state index contributed by atoms with van der Waals surface area (Å²) in [5.41, 5.74) is 0.409. The fraction of sp³-hybridized carbons (Fsp3) is 0.417. The lowest BCUT2D eigenvalue weighted by Gasteiger charge is -2.31. The Bertz CT molecular complexity index is 474. The number of nitrogens with zero attached hydrogens (tertiary/aromatic N) is 2. The number of hydrogen-bond donors (Lipinski definition) is 2. The molecule has 7 heteroatoms. The molecule has 2 heterocycles. The number of nitrogens with one attached hydrogen (secondary N) is 1. The molecule has 1 atom stereocenters. The Hall–Kier alpha value is -2.15. The second-order valence-electron chi connectivity index (χ2n) is 4.29. The number of ether oxygens (including phenoxy) is 1. The number of carbonyl (C=O) groups is 2. The predicted octanol–water partition coefficient (Wildman–Crippen LogP) is 1.03. The highest BCUT2D eigenvalue weighted by Crippen LogP contribution is 2.10. The van der Waals surface area contributed by atoms with Crippen LogP contribution in [0.5, 0.6) is 0 Å². The zero-order valence-corrected chi connectivity index (χ0v) is 10.5.